The van der Waals surface area contributed by atoms with E-state index in [-0.39, 0.29) is 23.3 Å². The fourth-order valence-electron chi connectivity index (χ4n) is 3.73. The maximum atomic E-state index is 14.2. The van der Waals surface area contributed by atoms with E-state index in [1.165, 1.54) is 10.6 Å². The number of carbonyl (C=O) groups is 1. The fourth-order valence-corrected chi connectivity index (χ4v) is 3.73. The minimum Gasteiger partial charge on any atom is -0.366 e. The molecule has 0 aliphatic heterocycles. The van der Waals surface area contributed by atoms with Crippen LogP contribution in [0.25, 0.3) is 11.2 Å². The predicted molar refractivity (Wildman–Crippen MR) is 123 cm³/mol. The molecule has 0 spiro atoms. The number of aryl methyl sites for hydroxylation is 1. The molecule has 0 aliphatic rings. The molecule has 0 bridgehead atoms. The summed E-state index contributed by atoms with van der Waals surface area (Å²) in [5.74, 6) is -0.489. The van der Waals surface area contributed by atoms with Gasteiger partial charge in [-0.25, -0.2) is 14.2 Å². The van der Waals surface area contributed by atoms with E-state index >= 15 is 0 Å². The molecule has 4 rings (SSSR count). The summed E-state index contributed by atoms with van der Waals surface area (Å²) in [6.07, 6.45) is 1.94. The number of aromatic amines is 1. The van der Waals surface area contributed by atoms with E-state index in [0.717, 1.165) is 23.0 Å². The number of aromatic nitrogens is 4. The molecule has 8 nitrogen and oxygen atoms in total. The number of imidazole rings is 1. The molecule has 2 aromatic carbocycles. The highest BCUT2D eigenvalue weighted by Crippen LogP contribution is 2.13. The highest BCUT2D eigenvalue weighted by molar-refractivity contribution is 5.92. The highest BCUT2D eigenvalue weighted by Gasteiger charge is 2.18. The summed E-state index contributed by atoms with van der Waals surface area (Å²) in [4.78, 5) is 45.2. The first kappa shape index (κ1) is 22.2. The maximum Gasteiger partial charge on any atom is 0.333 e. The van der Waals surface area contributed by atoms with Crippen LogP contribution in [0.15, 0.2) is 58.1 Å². The van der Waals surface area contributed by atoms with Crippen LogP contribution in [0, 0.1) is 5.82 Å². The van der Waals surface area contributed by atoms with Crippen LogP contribution in [0.3, 0.4) is 0 Å². The topological polar surface area (TPSA) is 116 Å². The summed E-state index contributed by atoms with van der Waals surface area (Å²) >= 11 is 0. The number of carbonyl (C=O) groups excluding carboxylic acids is 1. The van der Waals surface area contributed by atoms with E-state index in [9.17, 15) is 18.8 Å². The monoisotopic (exact) mass is 449 g/mol. The van der Waals surface area contributed by atoms with Gasteiger partial charge in [-0.15, -0.1) is 0 Å². The van der Waals surface area contributed by atoms with Crippen LogP contribution in [0.5, 0.6) is 0 Å². The van der Waals surface area contributed by atoms with Crippen molar-refractivity contribution in [2.45, 2.75) is 39.3 Å². The zero-order valence-corrected chi connectivity index (χ0v) is 18.2. The molecule has 4 aromatic rings. The molecule has 2 heterocycles. The second-order valence-electron chi connectivity index (χ2n) is 7.89. The molecule has 0 aliphatic carbocycles. The van der Waals surface area contributed by atoms with Gasteiger partial charge in [0.1, 0.15) is 17.2 Å². The average Bonchev–Trinajstić information content (AvgIpc) is 3.22. The number of hydrogen-bond donors (Lipinski definition) is 2. The van der Waals surface area contributed by atoms with Crippen LogP contribution >= 0.6 is 0 Å². The molecule has 33 heavy (non-hydrogen) atoms. The SMILES string of the molecule is CCCCn1c(=O)n(Cc2ccccc2F)c(=O)c2[nH]c(Cc3ccc(C(N)=O)cc3)nc21. The normalized spacial score (nSPS) is 11.2. The molecule has 9 heteroatoms. The Hall–Kier alpha value is -4.01. The Morgan fingerprint density at radius 3 is 2.48 bits per heavy atom. The van der Waals surface area contributed by atoms with E-state index in [4.69, 9.17) is 5.73 Å². The van der Waals surface area contributed by atoms with Crippen molar-refractivity contribution in [1.29, 1.82) is 0 Å². The number of fused-ring (bicyclic) bond motifs is 1. The van der Waals surface area contributed by atoms with Gasteiger partial charge in [-0.05, 0) is 30.2 Å². The van der Waals surface area contributed by atoms with Crippen LogP contribution in [0.1, 0.15) is 47.1 Å². The van der Waals surface area contributed by atoms with E-state index in [0.29, 0.717) is 24.4 Å². The number of nitrogens with two attached hydrogens (primary N) is 1. The zero-order valence-electron chi connectivity index (χ0n) is 18.2. The van der Waals surface area contributed by atoms with Crippen LogP contribution < -0.4 is 17.0 Å². The number of benzene rings is 2. The summed E-state index contributed by atoms with van der Waals surface area (Å²) in [6, 6.07) is 12.8. The lowest BCUT2D eigenvalue weighted by Crippen LogP contribution is -2.40. The van der Waals surface area contributed by atoms with Gasteiger partial charge in [-0.2, -0.15) is 0 Å². The molecule has 0 unspecified atom stereocenters. The van der Waals surface area contributed by atoms with Crippen molar-refractivity contribution < 1.29 is 9.18 Å². The molecule has 170 valence electrons. The Morgan fingerprint density at radius 2 is 1.82 bits per heavy atom. The summed E-state index contributed by atoms with van der Waals surface area (Å²) in [6.45, 7) is 2.22. The van der Waals surface area contributed by atoms with Crippen LogP contribution in [-0.2, 0) is 19.5 Å². The molecule has 0 atom stereocenters. The fraction of sp³-hybridized carbons (Fsp3) is 0.250. The van der Waals surface area contributed by atoms with E-state index in [1.807, 2.05) is 6.92 Å². The third-order valence-corrected chi connectivity index (χ3v) is 5.54. The van der Waals surface area contributed by atoms with Gasteiger partial charge < -0.3 is 10.7 Å². The number of unbranched alkanes of at least 4 members (excludes halogenated alkanes) is 1. The minimum absolute atomic E-state index is 0.171. The van der Waals surface area contributed by atoms with Gasteiger partial charge in [0.25, 0.3) is 5.56 Å². The van der Waals surface area contributed by atoms with Gasteiger partial charge in [0.15, 0.2) is 5.65 Å². The van der Waals surface area contributed by atoms with Crippen molar-refractivity contribution in [3.8, 4) is 0 Å². The third-order valence-electron chi connectivity index (χ3n) is 5.54. The van der Waals surface area contributed by atoms with Gasteiger partial charge in [0.2, 0.25) is 5.91 Å². The van der Waals surface area contributed by atoms with Gasteiger partial charge >= 0.3 is 5.69 Å². The Balaban J connectivity index is 1.79. The zero-order chi connectivity index (χ0) is 23.5. The smallest absolute Gasteiger partial charge is 0.333 e. The summed E-state index contributed by atoms with van der Waals surface area (Å²) in [7, 11) is 0. The third kappa shape index (κ3) is 4.48. The number of H-pyrrole nitrogens is 1. The van der Waals surface area contributed by atoms with Crippen LogP contribution in [0.2, 0.25) is 0 Å². The molecular weight excluding hydrogens is 425 g/mol. The standard InChI is InChI=1S/C24H24FN5O3/c1-2-3-12-29-22-20(23(32)30(24(29)33)14-17-6-4-5-7-18(17)25)27-19(28-22)13-15-8-10-16(11-9-15)21(26)31/h4-11H,2-3,12-14H2,1H3,(H2,26,31)(H,27,28). The highest BCUT2D eigenvalue weighted by atomic mass is 19.1. The minimum atomic E-state index is -0.547. The van der Waals surface area contributed by atoms with E-state index in [1.54, 1.807) is 42.5 Å². The van der Waals surface area contributed by atoms with Crippen LogP contribution in [-0.4, -0.2) is 25.0 Å². The molecule has 0 radical (unpaired) electrons. The first-order valence-electron chi connectivity index (χ1n) is 10.7. The Kier molecular flexibility index (Phi) is 6.21. The summed E-state index contributed by atoms with van der Waals surface area (Å²) in [5, 5.41) is 0. The quantitative estimate of drug-likeness (QED) is 0.430. The largest absolute Gasteiger partial charge is 0.366 e. The Morgan fingerprint density at radius 1 is 1.09 bits per heavy atom. The number of nitrogens with one attached hydrogen (secondary N) is 1. The maximum absolute atomic E-state index is 14.2. The molecule has 0 saturated heterocycles. The van der Waals surface area contributed by atoms with Crippen molar-refractivity contribution in [2.75, 3.05) is 0 Å². The first-order chi connectivity index (χ1) is 15.9. The van der Waals surface area contributed by atoms with Gasteiger partial charge in [0.05, 0.1) is 6.54 Å². The van der Waals surface area contributed by atoms with Gasteiger partial charge in [-0.1, -0.05) is 43.7 Å². The first-order valence-corrected chi connectivity index (χ1v) is 10.7. The van der Waals surface area contributed by atoms with Crippen molar-refractivity contribution in [3.05, 3.63) is 97.7 Å². The number of hydrogen-bond acceptors (Lipinski definition) is 4. The number of nitrogens with zero attached hydrogens (tertiary/aromatic N) is 3. The molecule has 3 N–H and O–H groups in total. The predicted octanol–water partition coefficient (Wildman–Crippen LogP) is 2.56. The van der Waals surface area contributed by atoms with Crippen molar-refractivity contribution in [3.63, 3.8) is 0 Å². The average molecular weight is 449 g/mol. The Bertz CT molecular complexity index is 1430. The van der Waals surface area contributed by atoms with Gasteiger partial charge in [0, 0.05) is 24.1 Å². The summed E-state index contributed by atoms with van der Waals surface area (Å²) in [5.41, 5.74) is 6.21. The number of rotatable bonds is 8. The lowest BCUT2D eigenvalue weighted by molar-refractivity contribution is 0.100. The Labute approximate surface area is 188 Å². The summed E-state index contributed by atoms with van der Waals surface area (Å²) < 4.78 is 16.7. The van der Waals surface area contributed by atoms with Crippen LogP contribution in [0.4, 0.5) is 4.39 Å². The number of amides is 1. The van der Waals surface area contributed by atoms with E-state index in [2.05, 4.69) is 9.97 Å². The number of primary amides is 1. The lowest BCUT2D eigenvalue weighted by Gasteiger charge is -2.11. The molecule has 0 saturated carbocycles. The molecule has 2 aromatic heterocycles. The molecular formula is C24H24FN5O3. The number of halogens is 1. The lowest BCUT2D eigenvalue weighted by atomic mass is 10.1. The molecule has 0 fully saturated rings. The second-order valence-corrected chi connectivity index (χ2v) is 7.89. The van der Waals surface area contributed by atoms with Crippen molar-refractivity contribution in [1.82, 2.24) is 19.1 Å². The van der Waals surface area contributed by atoms with Gasteiger partial charge in [-0.3, -0.25) is 18.7 Å². The molecule has 1 amide bonds. The second kappa shape index (κ2) is 9.23. The van der Waals surface area contributed by atoms with Crippen molar-refractivity contribution in [2.24, 2.45) is 5.73 Å². The van der Waals surface area contributed by atoms with E-state index < -0.39 is 23.0 Å². The van der Waals surface area contributed by atoms with Crippen molar-refractivity contribution >= 4 is 17.1 Å².